The predicted octanol–water partition coefficient (Wildman–Crippen LogP) is 8.79. The first kappa shape index (κ1) is 28.4. The largest absolute Gasteiger partial charge is 0.481 e. The Labute approximate surface area is 229 Å². The van der Waals surface area contributed by atoms with E-state index in [0.29, 0.717) is 34.8 Å². The Hall–Kier alpha value is -4.59. The van der Waals surface area contributed by atoms with Gasteiger partial charge in [-0.15, -0.1) is 0 Å². The number of ketones is 1. The van der Waals surface area contributed by atoms with Crippen LogP contribution in [0.4, 0.5) is 13.2 Å². The van der Waals surface area contributed by atoms with Gasteiger partial charge in [-0.3, -0.25) is 9.59 Å². The molecule has 0 unspecified atom stereocenters. The average molecular weight is 549 g/mol. The van der Waals surface area contributed by atoms with E-state index >= 15 is 0 Å². The van der Waals surface area contributed by atoms with Crippen molar-refractivity contribution in [2.45, 2.75) is 39.8 Å². The molecule has 0 aliphatic carbocycles. The van der Waals surface area contributed by atoms with Crippen molar-refractivity contribution in [1.29, 1.82) is 0 Å². The van der Waals surface area contributed by atoms with Crippen LogP contribution >= 0.6 is 0 Å². The molecule has 0 aliphatic rings. The molecule has 4 aromatic carbocycles. The molecule has 0 amide bonds. The first-order chi connectivity index (χ1) is 18.9. The van der Waals surface area contributed by atoms with Crippen molar-refractivity contribution in [3.8, 4) is 34.1 Å². The molecular formula is C32H27F3O5. The van der Waals surface area contributed by atoms with Crippen LogP contribution in [-0.2, 0) is 17.4 Å². The molecule has 0 saturated carbocycles. The fourth-order valence-corrected chi connectivity index (χ4v) is 4.25. The lowest BCUT2D eigenvalue weighted by Gasteiger charge is -2.16. The van der Waals surface area contributed by atoms with Crippen LogP contribution in [0.3, 0.4) is 0 Å². The molecule has 0 spiro atoms. The van der Waals surface area contributed by atoms with E-state index in [1.807, 2.05) is 26.0 Å². The van der Waals surface area contributed by atoms with Crippen molar-refractivity contribution < 1.29 is 37.3 Å². The summed E-state index contributed by atoms with van der Waals surface area (Å²) >= 11 is 0. The van der Waals surface area contributed by atoms with E-state index in [0.717, 1.165) is 28.8 Å². The summed E-state index contributed by atoms with van der Waals surface area (Å²) in [4.78, 5) is 22.6. The summed E-state index contributed by atoms with van der Waals surface area (Å²) in [6, 6.07) is 20.2. The van der Waals surface area contributed by atoms with E-state index < -0.39 is 17.7 Å². The highest BCUT2D eigenvalue weighted by Gasteiger charge is 2.31. The lowest BCUT2D eigenvalue weighted by Crippen LogP contribution is -2.05. The van der Waals surface area contributed by atoms with Crippen LogP contribution in [-0.4, -0.2) is 16.9 Å². The Morgan fingerprint density at radius 1 is 0.800 bits per heavy atom. The van der Waals surface area contributed by atoms with Gasteiger partial charge in [-0.2, -0.15) is 13.2 Å². The molecule has 0 atom stereocenters. The number of benzene rings is 4. The Kier molecular flexibility index (Phi) is 8.28. The highest BCUT2D eigenvalue weighted by Crippen LogP contribution is 2.40. The second-order valence-corrected chi connectivity index (χ2v) is 9.51. The third-order valence-electron chi connectivity index (χ3n) is 6.32. The molecule has 0 aromatic heterocycles. The summed E-state index contributed by atoms with van der Waals surface area (Å²) in [6.07, 6.45) is -4.10. The second-order valence-electron chi connectivity index (χ2n) is 9.51. The molecule has 0 heterocycles. The highest BCUT2D eigenvalue weighted by molar-refractivity contribution is 5.94. The molecule has 0 bridgehead atoms. The number of alkyl halides is 3. The monoisotopic (exact) mass is 548 g/mol. The molecule has 0 fully saturated rings. The minimum Gasteiger partial charge on any atom is -0.481 e. The third-order valence-corrected chi connectivity index (χ3v) is 6.32. The molecule has 40 heavy (non-hydrogen) atoms. The summed E-state index contributed by atoms with van der Waals surface area (Å²) in [7, 11) is 0. The number of hydrogen-bond donors (Lipinski definition) is 1. The van der Waals surface area contributed by atoms with E-state index in [4.69, 9.17) is 14.6 Å². The molecule has 0 saturated heterocycles. The number of ether oxygens (including phenoxy) is 2. The number of carbonyl (C=O) groups excluding carboxylic acids is 1. The minimum absolute atomic E-state index is 0.0342. The maximum Gasteiger partial charge on any atom is 0.416 e. The number of aliphatic carboxylic acids is 1. The lowest BCUT2D eigenvalue weighted by atomic mass is 9.99. The summed E-state index contributed by atoms with van der Waals surface area (Å²) in [6.45, 7) is 5.14. The van der Waals surface area contributed by atoms with E-state index in [1.165, 1.54) is 13.0 Å². The fraction of sp³-hybridized carbons (Fsp3) is 0.188. The number of carbonyl (C=O) groups is 2. The van der Waals surface area contributed by atoms with Gasteiger partial charge in [0.25, 0.3) is 0 Å². The number of halogens is 3. The van der Waals surface area contributed by atoms with Crippen molar-refractivity contribution in [1.82, 2.24) is 0 Å². The van der Waals surface area contributed by atoms with Crippen molar-refractivity contribution in [2.24, 2.45) is 0 Å². The van der Waals surface area contributed by atoms with Crippen LogP contribution in [0.2, 0.25) is 0 Å². The molecule has 4 aromatic rings. The standard InChI is InChI=1S/C32H27F3O5/c1-19-14-27(39-26-11-8-22(20(2)16-26)9-13-31(37)38)18-28(15-19)40-30-12-10-25(32(33,34)35)17-29(30)24-6-4-23(5-7-24)21(3)36/h4-8,10-12,14-18H,9,13H2,1-3H3,(H,37,38). The Morgan fingerprint density at radius 2 is 1.48 bits per heavy atom. The van der Waals surface area contributed by atoms with Gasteiger partial charge in [0.1, 0.15) is 23.0 Å². The third kappa shape index (κ3) is 7.08. The van der Waals surface area contributed by atoms with Crippen LogP contribution in [0.5, 0.6) is 23.0 Å². The average Bonchev–Trinajstić information content (AvgIpc) is 2.87. The van der Waals surface area contributed by atoms with Gasteiger partial charge in [-0.1, -0.05) is 30.3 Å². The maximum absolute atomic E-state index is 13.5. The Balaban J connectivity index is 1.64. The molecule has 8 heteroatoms. The number of aryl methyl sites for hydroxylation is 3. The fourth-order valence-electron chi connectivity index (χ4n) is 4.25. The van der Waals surface area contributed by atoms with Crippen LogP contribution in [0, 0.1) is 13.8 Å². The SMILES string of the molecule is CC(=O)c1ccc(-c2cc(C(F)(F)F)ccc2Oc2cc(C)cc(Oc3ccc(CCC(=O)O)c(C)c3)c2)cc1. The van der Waals surface area contributed by atoms with Gasteiger partial charge >= 0.3 is 12.1 Å². The zero-order valence-corrected chi connectivity index (χ0v) is 22.1. The number of carboxylic acids is 1. The van der Waals surface area contributed by atoms with Gasteiger partial charge in [0.2, 0.25) is 0 Å². The van der Waals surface area contributed by atoms with Crippen LogP contribution in [0.15, 0.2) is 78.9 Å². The van der Waals surface area contributed by atoms with E-state index in [1.54, 1.807) is 48.5 Å². The van der Waals surface area contributed by atoms with Crippen LogP contribution < -0.4 is 9.47 Å². The molecule has 1 N–H and O–H groups in total. The molecule has 0 radical (unpaired) electrons. The summed E-state index contributed by atoms with van der Waals surface area (Å²) in [5, 5.41) is 8.94. The van der Waals surface area contributed by atoms with Crippen molar-refractivity contribution in [3.05, 3.63) is 107 Å². The summed E-state index contributed by atoms with van der Waals surface area (Å²) < 4.78 is 52.7. The van der Waals surface area contributed by atoms with E-state index in [-0.39, 0.29) is 23.5 Å². The molecule has 0 aliphatic heterocycles. The molecule has 206 valence electrons. The number of rotatable bonds is 9. The number of carboxylic acid groups (broad SMARTS) is 1. The molecule has 5 nitrogen and oxygen atoms in total. The normalized spacial score (nSPS) is 11.2. The smallest absolute Gasteiger partial charge is 0.416 e. The minimum atomic E-state index is -4.54. The van der Waals surface area contributed by atoms with Crippen LogP contribution in [0.25, 0.3) is 11.1 Å². The quantitative estimate of drug-likeness (QED) is 0.212. The molecule has 4 rings (SSSR count). The van der Waals surface area contributed by atoms with Crippen molar-refractivity contribution >= 4 is 11.8 Å². The lowest BCUT2D eigenvalue weighted by molar-refractivity contribution is -0.138. The summed E-state index contributed by atoms with van der Waals surface area (Å²) in [5.74, 6) is 0.575. The zero-order chi connectivity index (χ0) is 29.0. The predicted molar refractivity (Wildman–Crippen MR) is 145 cm³/mol. The van der Waals surface area contributed by atoms with Gasteiger partial charge in [0.15, 0.2) is 5.78 Å². The van der Waals surface area contributed by atoms with Gasteiger partial charge in [-0.25, -0.2) is 0 Å². The Morgan fingerprint density at radius 3 is 2.08 bits per heavy atom. The van der Waals surface area contributed by atoms with E-state index in [9.17, 15) is 22.8 Å². The maximum atomic E-state index is 13.5. The number of hydrogen-bond acceptors (Lipinski definition) is 4. The number of Topliss-reactive ketones (excluding diaryl/α,β-unsaturated/α-hetero) is 1. The molecular weight excluding hydrogens is 521 g/mol. The zero-order valence-electron chi connectivity index (χ0n) is 22.1. The topological polar surface area (TPSA) is 72.8 Å². The second kappa shape index (κ2) is 11.7. The van der Waals surface area contributed by atoms with E-state index in [2.05, 4.69) is 0 Å². The van der Waals surface area contributed by atoms with Gasteiger partial charge in [0, 0.05) is 23.6 Å². The highest BCUT2D eigenvalue weighted by atomic mass is 19.4. The van der Waals surface area contributed by atoms with Gasteiger partial charge in [-0.05, 0) is 91.9 Å². The first-order valence-corrected chi connectivity index (χ1v) is 12.5. The Bertz CT molecular complexity index is 1560. The first-order valence-electron chi connectivity index (χ1n) is 12.5. The van der Waals surface area contributed by atoms with Crippen LogP contribution in [0.1, 0.15) is 46.0 Å². The summed E-state index contributed by atoms with van der Waals surface area (Å²) in [5.41, 5.74) is 2.93. The van der Waals surface area contributed by atoms with Crippen molar-refractivity contribution in [3.63, 3.8) is 0 Å². The van der Waals surface area contributed by atoms with Crippen molar-refractivity contribution in [2.75, 3.05) is 0 Å². The van der Waals surface area contributed by atoms with Gasteiger partial charge < -0.3 is 14.6 Å². The van der Waals surface area contributed by atoms with Gasteiger partial charge in [0.05, 0.1) is 5.56 Å².